The van der Waals surface area contributed by atoms with Crippen LogP contribution in [0.1, 0.15) is 18.2 Å². The van der Waals surface area contributed by atoms with E-state index in [2.05, 4.69) is 34.1 Å². The fourth-order valence-electron chi connectivity index (χ4n) is 2.68. The molecule has 1 aliphatic rings. The zero-order chi connectivity index (χ0) is 14.2. The predicted octanol–water partition coefficient (Wildman–Crippen LogP) is 4.62. The van der Waals surface area contributed by atoms with E-state index in [1.54, 1.807) is 0 Å². The molecule has 0 amide bonds. The lowest BCUT2D eigenvalue weighted by Crippen LogP contribution is -2.08. The summed E-state index contributed by atoms with van der Waals surface area (Å²) in [7, 11) is 0. The van der Waals surface area contributed by atoms with E-state index in [4.69, 9.17) is 16.4 Å². The number of benzene rings is 2. The van der Waals surface area contributed by atoms with Crippen LogP contribution < -0.4 is 0 Å². The summed E-state index contributed by atoms with van der Waals surface area (Å²) in [5.41, 5.74) is 3.17. The van der Waals surface area contributed by atoms with E-state index in [0.29, 0.717) is 0 Å². The Labute approximate surface area is 127 Å². The predicted molar refractivity (Wildman–Crippen MR) is 84.7 cm³/mol. The van der Waals surface area contributed by atoms with Crippen LogP contribution in [0.15, 0.2) is 65.9 Å². The highest BCUT2D eigenvalue weighted by Crippen LogP contribution is 2.29. The molecule has 4 rings (SSSR count). The molecule has 0 radical (unpaired) electrons. The molecule has 1 aromatic heterocycles. The van der Waals surface area contributed by atoms with Crippen LogP contribution in [0.4, 0.5) is 0 Å². The van der Waals surface area contributed by atoms with Gasteiger partial charge in [-0.15, -0.1) is 0 Å². The first kappa shape index (κ1) is 12.5. The molecule has 3 nitrogen and oxygen atoms in total. The van der Waals surface area contributed by atoms with Crippen LogP contribution in [-0.4, -0.2) is 10.3 Å². The summed E-state index contributed by atoms with van der Waals surface area (Å²) >= 11 is 5.92. The van der Waals surface area contributed by atoms with Gasteiger partial charge >= 0.3 is 0 Å². The van der Waals surface area contributed by atoms with Gasteiger partial charge in [0.05, 0.1) is 17.6 Å². The van der Waals surface area contributed by atoms with Gasteiger partial charge < -0.3 is 9.40 Å². The molecular weight excluding hydrogens is 284 g/mol. The standard InChI is InChI=1S/C17H13ClN2O/c18-14-7-5-12(6-8-14)15-11-17(21-19-15)20-10-9-13-3-1-2-4-16(13)20/h1-10,17H,11H2. The smallest absolute Gasteiger partial charge is 0.209 e. The third kappa shape index (κ3) is 2.20. The zero-order valence-electron chi connectivity index (χ0n) is 11.2. The molecule has 0 spiro atoms. The number of aromatic nitrogens is 1. The first-order chi connectivity index (χ1) is 10.3. The molecule has 1 unspecified atom stereocenters. The minimum atomic E-state index is -0.0874. The zero-order valence-corrected chi connectivity index (χ0v) is 12.0. The summed E-state index contributed by atoms with van der Waals surface area (Å²) in [5.74, 6) is 0. The highest BCUT2D eigenvalue weighted by atomic mass is 35.5. The molecule has 104 valence electrons. The van der Waals surface area contributed by atoms with Crippen molar-refractivity contribution < 1.29 is 4.84 Å². The molecule has 0 saturated heterocycles. The molecule has 0 bridgehead atoms. The molecule has 3 aromatic rings. The lowest BCUT2D eigenvalue weighted by Gasteiger charge is -2.11. The van der Waals surface area contributed by atoms with Crippen LogP contribution >= 0.6 is 11.6 Å². The van der Waals surface area contributed by atoms with Crippen LogP contribution in [-0.2, 0) is 4.84 Å². The average Bonchev–Trinajstić information content (AvgIpc) is 3.14. The maximum absolute atomic E-state index is 5.92. The Hall–Kier alpha value is -2.26. The van der Waals surface area contributed by atoms with Crippen molar-refractivity contribution in [2.24, 2.45) is 5.16 Å². The van der Waals surface area contributed by atoms with Gasteiger partial charge in [-0.1, -0.05) is 47.1 Å². The van der Waals surface area contributed by atoms with Crippen molar-refractivity contribution in [3.63, 3.8) is 0 Å². The summed E-state index contributed by atoms with van der Waals surface area (Å²) in [6, 6.07) is 18.1. The summed E-state index contributed by atoms with van der Waals surface area (Å²) in [4.78, 5) is 5.62. The van der Waals surface area contributed by atoms with E-state index in [1.165, 1.54) is 5.39 Å². The first-order valence-corrected chi connectivity index (χ1v) is 7.23. The topological polar surface area (TPSA) is 26.5 Å². The minimum Gasteiger partial charge on any atom is -0.369 e. The van der Waals surface area contributed by atoms with E-state index in [9.17, 15) is 0 Å². The molecule has 0 saturated carbocycles. The van der Waals surface area contributed by atoms with Gasteiger partial charge in [-0.2, -0.15) is 0 Å². The maximum atomic E-state index is 5.92. The van der Waals surface area contributed by atoms with Crippen molar-refractivity contribution in [2.45, 2.75) is 12.6 Å². The number of hydrogen-bond acceptors (Lipinski definition) is 2. The fourth-order valence-corrected chi connectivity index (χ4v) is 2.81. The van der Waals surface area contributed by atoms with Gasteiger partial charge in [0.15, 0.2) is 0 Å². The van der Waals surface area contributed by atoms with Gasteiger partial charge in [0, 0.05) is 11.2 Å². The molecule has 1 aliphatic heterocycles. The third-order valence-electron chi connectivity index (χ3n) is 3.77. The molecular formula is C17H13ClN2O. The Morgan fingerprint density at radius 2 is 1.86 bits per heavy atom. The van der Waals surface area contributed by atoms with Crippen LogP contribution in [0.3, 0.4) is 0 Å². The number of hydrogen-bond donors (Lipinski definition) is 0. The van der Waals surface area contributed by atoms with E-state index in [0.717, 1.165) is 28.2 Å². The Balaban J connectivity index is 1.62. The molecule has 1 atom stereocenters. The summed E-state index contributed by atoms with van der Waals surface area (Å²) in [6.45, 7) is 0. The Bertz CT molecular complexity index is 820. The lowest BCUT2D eigenvalue weighted by molar-refractivity contribution is 0.0356. The normalized spacial score (nSPS) is 17.8. The Morgan fingerprint density at radius 1 is 1.05 bits per heavy atom. The molecule has 0 fully saturated rings. The number of halogens is 1. The van der Waals surface area contributed by atoms with Crippen LogP contribution in [0.5, 0.6) is 0 Å². The average molecular weight is 297 g/mol. The van der Waals surface area contributed by atoms with Crippen molar-refractivity contribution >= 4 is 28.2 Å². The van der Waals surface area contributed by atoms with Gasteiger partial charge in [-0.25, -0.2) is 0 Å². The largest absolute Gasteiger partial charge is 0.369 e. The van der Waals surface area contributed by atoms with Gasteiger partial charge in [-0.05, 0) is 35.2 Å². The molecule has 4 heteroatoms. The molecule has 0 aliphatic carbocycles. The van der Waals surface area contributed by atoms with Gasteiger partial charge in [0.1, 0.15) is 0 Å². The number of rotatable bonds is 2. The first-order valence-electron chi connectivity index (χ1n) is 6.85. The Kier molecular flexibility index (Phi) is 2.93. The van der Waals surface area contributed by atoms with E-state index in [-0.39, 0.29) is 6.23 Å². The highest BCUT2D eigenvalue weighted by Gasteiger charge is 2.24. The molecule has 21 heavy (non-hydrogen) atoms. The fraction of sp³-hybridized carbons (Fsp3) is 0.118. The number of nitrogens with zero attached hydrogens (tertiary/aromatic N) is 2. The molecule has 0 N–H and O–H groups in total. The summed E-state index contributed by atoms with van der Waals surface area (Å²) in [5, 5.41) is 6.17. The summed E-state index contributed by atoms with van der Waals surface area (Å²) in [6.07, 6.45) is 2.71. The van der Waals surface area contributed by atoms with Crippen LogP contribution in [0, 0.1) is 0 Å². The summed E-state index contributed by atoms with van der Waals surface area (Å²) < 4.78 is 2.13. The van der Waals surface area contributed by atoms with Gasteiger partial charge in [-0.3, -0.25) is 0 Å². The van der Waals surface area contributed by atoms with Crippen molar-refractivity contribution in [3.8, 4) is 0 Å². The van der Waals surface area contributed by atoms with E-state index >= 15 is 0 Å². The monoisotopic (exact) mass is 296 g/mol. The van der Waals surface area contributed by atoms with Crippen molar-refractivity contribution in [1.29, 1.82) is 0 Å². The number of para-hydroxylation sites is 1. The minimum absolute atomic E-state index is 0.0874. The number of oxime groups is 1. The highest BCUT2D eigenvalue weighted by molar-refractivity contribution is 6.30. The second-order valence-corrected chi connectivity index (χ2v) is 5.53. The van der Waals surface area contributed by atoms with Gasteiger partial charge in [0.2, 0.25) is 6.23 Å². The van der Waals surface area contributed by atoms with E-state index < -0.39 is 0 Å². The third-order valence-corrected chi connectivity index (χ3v) is 4.02. The second-order valence-electron chi connectivity index (χ2n) is 5.09. The SMILES string of the molecule is Clc1ccc(C2=NOC(n3ccc4ccccc43)C2)cc1. The van der Waals surface area contributed by atoms with E-state index in [1.807, 2.05) is 36.4 Å². The van der Waals surface area contributed by atoms with Crippen molar-refractivity contribution in [1.82, 2.24) is 4.57 Å². The van der Waals surface area contributed by atoms with Crippen LogP contribution in [0.2, 0.25) is 5.02 Å². The van der Waals surface area contributed by atoms with Crippen LogP contribution in [0.25, 0.3) is 10.9 Å². The maximum Gasteiger partial charge on any atom is 0.209 e. The molecule has 2 aromatic carbocycles. The number of fused-ring (bicyclic) bond motifs is 1. The van der Waals surface area contributed by atoms with Crippen molar-refractivity contribution in [3.05, 3.63) is 71.4 Å². The second kappa shape index (κ2) is 4.93. The molecule has 2 heterocycles. The quantitative estimate of drug-likeness (QED) is 0.678. The van der Waals surface area contributed by atoms with Gasteiger partial charge in [0.25, 0.3) is 0 Å². The Morgan fingerprint density at radius 3 is 2.71 bits per heavy atom. The lowest BCUT2D eigenvalue weighted by atomic mass is 10.1. The van der Waals surface area contributed by atoms with Crippen molar-refractivity contribution in [2.75, 3.05) is 0 Å².